The van der Waals surface area contributed by atoms with E-state index in [1.165, 1.54) is 39.2 Å². The van der Waals surface area contributed by atoms with Gasteiger partial charge in [-0.25, -0.2) is 4.79 Å². The second-order valence-electron chi connectivity index (χ2n) is 5.80. The summed E-state index contributed by atoms with van der Waals surface area (Å²) in [5.74, 6) is 1.33. The zero-order chi connectivity index (χ0) is 14.5. The lowest BCUT2D eigenvalue weighted by atomic mass is 9.96. The maximum atomic E-state index is 11.4. The van der Waals surface area contributed by atoms with Crippen molar-refractivity contribution in [2.75, 3.05) is 7.11 Å². The molecule has 0 aromatic carbocycles. The first-order valence-electron chi connectivity index (χ1n) is 7.56. The summed E-state index contributed by atoms with van der Waals surface area (Å²) in [6.45, 7) is 4.40. The van der Waals surface area contributed by atoms with E-state index in [1.807, 2.05) is 6.07 Å². The third-order valence-electron chi connectivity index (χ3n) is 4.27. The van der Waals surface area contributed by atoms with Gasteiger partial charge in [0.15, 0.2) is 0 Å². The quantitative estimate of drug-likeness (QED) is 0.674. The molecule has 0 bridgehead atoms. The minimum Gasteiger partial charge on any atom is -0.463 e. The molecule has 1 heterocycles. The highest BCUT2D eigenvalue weighted by molar-refractivity contribution is 5.86. The van der Waals surface area contributed by atoms with Gasteiger partial charge in [0.1, 0.15) is 5.76 Å². The minimum absolute atomic E-state index is 0.110. The number of nitrogens with one attached hydrogen (secondary N) is 1. The van der Waals surface area contributed by atoms with Crippen LogP contribution < -0.4 is 5.32 Å². The predicted molar refractivity (Wildman–Crippen MR) is 77.6 cm³/mol. The van der Waals surface area contributed by atoms with Gasteiger partial charge in [0.05, 0.1) is 13.2 Å². The van der Waals surface area contributed by atoms with E-state index >= 15 is 0 Å². The first-order chi connectivity index (χ1) is 9.61. The van der Waals surface area contributed by atoms with Gasteiger partial charge in [0, 0.05) is 6.04 Å². The minimum atomic E-state index is -0.425. The van der Waals surface area contributed by atoms with Gasteiger partial charge in [0.2, 0.25) is 5.76 Å². The van der Waals surface area contributed by atoms with Crippen LogP contribution in [0.3, 0.4) is 0 Å². The van der Waals surface area contributed by atoms with Crippen molar-refractivity contribution in [1.82, 2.24) is 5.32 Å². The first-order valence-corrected chi connectivity index (χ1v) is 7.56. The summed E-state index contributed by atoms with van der Waals surface area (Å²) in [6.07, 6.45) is 6.47. The van der Waals surface area contributed by atoms with Gasteiger partial charge in [-0.15, -0.1) is 0 Å². The lowest BCUT2D eigenvalue weighted by Gasteiger charge is -2.26. The average Bonchev–Trinajstić information content (AvgIpc) is 2.86. The molecule has 4 heteroatoms. The van der Waals surface area contributed by atoms with Crippen LogP contribution in [0, 0.1) is 5.92 Å². The van der Waals surface area contributed by atoms with Gasteiger partial charge in [-0.3, -0.25) is 0 Å². The summed E-state index contributed by atoms with van der Waals surface area (Å²) in [7, 11) is 1.36. The van der Waals surface area contributed by atoms with E-state index in [0.717, 1.165) is 5.76 Å². The highest BCUT2D eigenvalue weighted by atomic mass is 16.5. The molecule has 1 aliphatic carbocycles. The molecule has 1 fully saturated rings. The number of furan rings is 1. The largest absolute Gasteiger partial charge is 0.463 e. The van der Waals surface area contributed by atoms with Crippen molar-refractivity contribution >= 4 is 5.97 Å². The fraction of sp³-hybridized carbons (Fsp3) is 0.688. The van der Waals surface area contributed by atoms with Crippen molar-refractivity contribution in [2.45, 2.75) is 58.0 Å². The number of esters is 1. The number of carbonyl (C=O) groups excluding carboxylic acids is 1. The Kier molecular flexibility index (Phi) is 5.24. The fourth-order valence-electron chi connectivity index (χ4n) is 2.94. The summed E-state index contributed by atoms with van der Waals surface area (Å²) in [6, 6.07) is 4.17. The molecule has 0 aliphatic heterocycles. The molecule has 2 rings (SSSR count). The second-order valence-corrected chi connectivity index (χ2v) is 5.80. The fourth-order valence-corrected chi connectivity index (χ4v) is 2.94. The third kappa shape index (κ3) is 3.63. The molecule has 0 saturated heterocycles. The normalized spacial score (nSPS) is 24.9. The Labute approximate surface area is 120 Å². The number of hydrogen-bond donors (Lipinski definition) is 1. The van der Waals surface area contributed by atoms with Gasteiger partial charge >= 0.3 is 5.97 Å². The van der Waals surface area contributed by atoms with Gasteiger partial charge in [-0.1, -0.05) is 26.2 Å². The van der Waals surface area contributed by atoms with Crippen LogP contribution in [0.4, 0.5) is 0 Å². The third-order valence-corrected chi connectivity index (χ3v) is 4.27. The standard InChI is InChI=1S/C16H25NO3/c1-11-7-5-4-6-8-13(11)17-12(2)14-9-10-15(20-14)16(18)19-3/h9-13,17H,4-8H2,1-3H3. The lowest BCUT2D eigenvalue weighted by Crippen LogP contribution is -2.36. The van der Waals surface area contributed by atoms with E-state index in [0.29, 0.717) is 12.0 Å². The molecule has 4 nitrogen and oxygen atoms in total. The van der Waals surface area contributed by atoms with Crippen LogP contribution in [0.15, 0.2) is 16.5 Å². The van der Waals surface area contributed by atoms with Gasteiger partial charge in [-0.05, 0) is 37.8 Å². The Bertz CT molecular complexity index is 441. The predicted octanol–water partition coefficient (Wildman–Crippen LogP) is 3.69. The van der Waals surface area contributed by atoms with Crippen molar-refractivity contribution < 1.29 is 13.9 Å². The average molecular weight is 279 g/mol. The first kappa shape index (κ1) is 15.1. The van der Waals surface area contributed by atoms with Gasteiger partial charge in [-0.2, -0.15) is 0 Å². The zero-order valence-electron chi connectivity index (χ0n) is 12.6. The highest BCUT2D eigenvalue weighted by Gasteiger charge is 2.23. The second kappa shape index (κ2) is 6.93. The Hall–Kier alpha value is -1.29. The topological polar surface area (TPSA) is 51.5 Å². The summed E-state index contributed by atoms with van der Waals surface area (Å²) < 4.78 is 10.2. The maximum Gasteiger partial charge on any atom is 0.373 e. The molecule has 0 spiro atoms. The summed E-state index contributed by atoms with van der Waals surface area (Å²) in [4.78, 5) is 11.4. The van der Waals surface area contributed by atoms with Crippen LogP contribution in [0.25, 0.3) is 0 Å². The lowest BCUT2D eigenvalue weighted by molar-refractivity contribution is 0.0562. The van der Waals surface area contributed by atoms with E-state index in [2.05, 4.69) is 23.9 Å². The van der Waals surface area contributed by atoms with Crippen molar-refractivity contribution in [1.29, 1.82) is 0 Å². The molecule has 0 amide bonds. The summed E-state index contributed by atoms with van der Waals surface area (Å²) >= 11 is 0. The SMILES string of the molecule is COC(=O)c1ccc(C(C)NC2CCCCCC2C)o1. The molecule has 0 radical (unpaired) electrons. The summed E-state index contributed by atoms with van der Waals surface area (Å²) in [5, 5.41) is 3.65. The van der Waals surface area contributed by atoms with E-state index < -0.39 is 5.97 Å². The molecule has 3 unspecified atom stereocenters. The monoisotopic (exact) mass is 279 g/mol. The number of hydrogen-bond acceptors (Lipinski definition) is 4. The van der Waals surface area contributed by atoms with Crippen molar-refractivity contribution in [3.8, 4) is 0 Å². The molecular weight excluding hydrogens is 254 g/mol. The van der Waals surface area contributed by atoms with Crippen LogP contribution >= 0.6 is 0 Å². The van der Waals surface area contributed by atoms with Crippen LogP contribution in [0.2, 0.25) is 0 Å². The van der Waals surface area contributed by atoms with Gasteiger partial charge < -0.3 is 14.5 Å². The smallest absolute Gasteiger partial charge is 0.373 e. The Morgan fingerprint density at radius 2 is 2.10 bits per heavy atom. The van der Waals surface area contributed by atoms with E-state index in [-0.39, 0.29) is 11.8 Å². The summed E-state index contributed by atoms with van der Waals surface area (Å²) in [5.41, 5.74) is 0. The van der Waals surface area contributed by atoms with Crippen molar-refractivity contribution in [3.05, 3.63) is 23.7 Å². The number of carbonyl (C=O) groups is 1. The molecule has 1 aliphatic rings. The van der Waals surface area contributed by atoms with Crippen LogP contribution in [0.5, 0.6) is 0 Å². The highest BCUT2D eigenvalue weighted by Crippen LogP contribution is 2.26. The number of ether oxygens (including phenoxy) is 1. The molecule has 1 saturated carbocycles. The van der Waals surface area contributed by atoms with E-state index in [4.69, 9.17) is 4.42 Å². The van der Waals surface area contributed by atoms with Gasteiger partial charge in [0.25, 0.3) is 0 Å². The molecule has 112 valence electrons. The Morgan fingerprint density at radius 3 is 2.85 bits per heavy atom. The molecule has 20 heavy (non-hydrogen) atoms. The van der Waals surface area contributed by atoms with Crippen molar-refractivity contribution in [2.24, 2.45) is 5.92 Å². The van der Waals surface area contributed by atoms with Crippen LogP contribution in [-0.4, -0.2) is 19.1 Å². The zero-order valence-corrected chi connectivity index (χ0v) is 12.6. The molecule has 1 aromatic heterocycles. The van der Waals surface area contributed by atoms with E-state index in [1.54, 1.807) is 6.07 Å². The number of rotatable bonds is 4. The maximum absolute atomic E-state index is 11.4. The number of methoxy groups -OCH3 is 1. The van der Waals surface area contributed by atoms with Crippen LogP contribution in [-0.2, 0) is 4.74 Å². The Balaban J connectivity index is 1.98. The van der Waals surface area contributed by atoms with E-state index in [9.17, 15) is 4.79 Å². The molecule has 3 atom stereocenters. The van der Waals surface area contributed by atoms with Crippen LogP contribution in [0.1, 0.15) is 68.3 Å². The van der Waals surface area contributed by atoms with Crippen molar-refractivity contribution in [3.63, 3.8) is 0 Å². The molecule has 1 aromatic rings. The Morgan fingerprint density at radius 1 is 1.35 bits per heavy atom. The molecular formula is C16H25NO3. The molecule has 1 N–H and O–H groups in total.